The fraction of sp³-hybridized carbons (Fsp3) is 0.723. The molecule has 0 aliphatic carbocycles. The summed E-state index contributed by atoms with van der Waals surface area (Å²) < 4.78 is 23.5. The van der Waals surface area contributed by atoms with Crippen LogP contribution in [0.15, 0.2) is 72.9 Å². The summed E-state index contributed by atoms with van der Waals surface area (Å²) in [5, 5.41) is 13.8. The second kappa shape index (κ2) is 38.5. The standard InChI is InChI=1S/C47H85N2O6P/c1-6-8-10-12-14-16-18-20-22-23-24-25-27-28-30-32-34-36-38-40-46(50)45(44-55-56(52,53)54-43-42-49(3,4)5)48-47(51)41-39-37-35-33-31-29-26-21-19-17-15-13-11-9-7-2/h9,11,15,17,21,24-26,30,32,38,40,45-46,50H,6-8,10,12-14,16,18-20,22-23,27-29,31,33-37,39,41-44H2,1-5H3,(H-,48,51,52,53)/p+1/b11-9-,17-15-,25-24+,26-21-,32-30+,40-38+. The van der Waals surface area contributed by atoms with Crippen molar-refractivity contribution in [2.75, 3.05) is 40.9 Å². The van der Waals surface area contributed by atoms with E-state index in [-0.39, 0.29) is 19.1 Å². The molecule has 1 amide bonds. The number of unbranched alkanes of at least 4 members (excludes halogenated alkanes) is 16. The van der Waals surface area contributed by atoms with Crippen molar-refractivity contribution in [1.29, 1.82) is 0 Å². The lowest BCUT2D eigenvalue weighted by Crippen LogP contribution is -2.45. The van der Waals surface area contributed by atoms with Gasteiger partial charge in [-0.3, -0.25) is 13.8 Å². The molecule has 0 radical (unpaired) electrons. The molecule has 0 saturated carbocycles. The molecule has 0 aromatic rings. The Balaban J connectivity index is 4.55. The van der Waals surface area contributed by atoms with Crippen LogP contribution in [0.3, 0.4) is 0 Å². The molecule has 3 unspecified atom stereocenters. The zero-order valence-corrected chi connectivity index (χ0v) is 37.5. The van der Waals surface area contributed by atoms with Gasteiger partial charge in [0, 0.05) is 6.42 Å². The van der Waals surface area contributed by atoms with Crippen LogP contribution in [-0.4, -0.2) is 73.4 Å². The van der Waals surface area contributed by atoms with E-state index in [9.17, 15) is 19.4 Å². The molecule has 56 heavy (non-hydrogen) atoms. The van der Waals surface area contributed by atoms with Crippen molar-refractivity contribution < 1.29 is 32.9 Å². The number of quaternary nitrogens is 1. The average molecular weight is 806 g/mol. The number of rotatable bonds is 39. The Kier molecular flexibility index (Phi) is 37.0. The van der Waals surface area contributed by atoms with Gasteiger partial charge >= 0.3 is 7.82 Å². The molecule has 0 fully saturated rings. The van der Waals surface area contributed by atoms with Crippen molar-refractivity contribution in [3.63, 3.8) is 0 Å². The van der Waals surface area contributed by atoms with Crippen LogP contribution >= 0.6 is 7.82 Å². The fourth-order valence-corrected chi connectivity index (χ4v) is 6.59. The lowest BCUT2D eigenvalue weighted by Gasteiger charge is -2.25. The van der Waals surface area contributed by atoms with Gasteiger partial charge in [0.05, 0.1) is 39.9 Å². The monoisotopic (exact) mass is 806 g/mol. The summed E-state index contributed by atoms with van der Waals surface area (Å²) >= 11 is 0. The zero-order chi connectivity index (χ0) is 41.4. The van der Waals surface area contributed by atoms with E-state index in [0.717, 1.165) is 83.5 Å². The molecule has 0 bridgehead atoms. The van der Waals surface area contributed by atoms with Crippen molar-refractivity contribution in [1.82, 2.24) is 5.32 Å². The van der Waals surface area contributed by atoms with Gasteiger partial charge in [0.25, 0.3) is 0 Å². The Morgan fingerprint density at radius 3 is 1.64 bits per heavy atom. The highest BCUT2D eigenvalue weighted by Crippen LogP contribution is 2.43. The zero-order valence-electron chi connectivity index (χ0n) is 36.6. The highest BCUT2D eigenvalue weighted by molar-refractivity contribution is 7.47. The van der Waals surface area contributed by atoms with Crippen LogP contribution in [-0.2, 0) is 18.4 Å². The van der Waals surface area contributed by atoms with Crippen molar-refractivity contribution in [2.45, 2.75) is 180 Å². The van der Waals surface area contributed by atoms with Gasteiger partial charge in [-0.15, -0.1) is 0 Å². The SMILES string of the molecule is CC/C=C\C/C=C\C/C=C\CCCCCCCC(=O)NC(COP(=O)(O)OCC[N+](C)(C)C)C(O)/C=C/CC/C=C/CC/C=C/CCCCCCCCCCC. The first-order chi connectivity index (χ1) is 27.0. The highest BCUT2D eigenvalue weighted by atomic mass is 31.2. The molecule has 0 aromatic carbocycles. The molecule has 0 rings (SSSR count). The summed E-state index contributed by atoms with van der Waals surface area (Å²) in [5.74, 6) is -0.212. The molecule has 0 saturated heterocycles. The molecular weight excluding hydrogens is 719 g/mol. The van der Waals surface area contributed by atoms with Crippen LogP contribution in [0.25, 0.3) is 0 Å². The summed E-state index contributed by atoms with van der Waals surface area (Å²) in [7, 11) is 1.52. The maximum atomic E-state index is 12.8. The number of carbonyl (C=O) groups excluding carboxylic acids is 1. The van der Waals surface area contributed by atoms with Crippen LogP contribution in [0.1, 0.15) is 168 Å². The first-order valence-corrected chi connectivity index (χ1v) is 23.8. The van der Waals surface area contributed by atoms with E-state index in [2.05, 4.69) is 79.9 Å². The molecule has 3 atom stereocenters. The first kappa shape index (κ1) is 53.9. The number of phosphoric ester groups is 1. The number of hydrogen-bond donors (Lipinski definition) is 3. The number of allylic oxidation sites excluding steroid dienone is 11. The topological polar surface area (TPSA) is 105 Å². The maximum Gasteiger partial charge on any atom is 0.472 e. The molecule has 0 spiro atoms. The molecule has 0 aromatic heterocycles. The van der Waals surface area contributed by atoms with Gasteiger partial charge in [-0.1, -0.05) is 157 Å². The van der Waals surface area contributed by atoms with E-state index in [1.54, 1.807) is 6.08 Å². The van der Waals surface area contributed by atoms with Crippen molar-refractivity contribution in [3.8, 4) is 0 Å². The molecule has 0 aliphatic rings. The Labute approximate surface area is 344 Å². The molecule has 8 nitrogen and oxygen atoms in total. The third-order valence-corrected chi connectivity index (χ3v) is 10.4. The van der Waals surface area contributed by atoms with E-state index in [0.29, 0.717) is 17.4 Å². The van der Waals surface area contributed by atoms with Gasteiger partial charge in [0.1, 0.15) is 13.2 Å². The fourth-order valence-electron chi connectivity index (χ4n) is 5.85. The molecular formula is C47H86N2O6P+. The molecule has 324 valence electrons. The lowest BCUT2D eigenvalue weighted by atomic mass is 10.1. The second-order valence-electron chi connectivity index (χ2n) is 16.0. The number of amides is 1. The number of likely N-dealkylation sites (N-methyl/N-ethyl adjacent to an activating group) is 1. The summed E-state index contributed by atoms with van der Waals surface area (Å²) in [5.41, 5.74) is 0. The van der Waals surface area contributed by atoms with E-state index in [4.69, 9.17) is 9.05 Å². The largest absolute Gasteiger partial charge is 0.472 e. The predicted octanol–water partition coefficient (Wildman–Crippen LogP) is 12.4. The molecule has 9 heteroatoms. The van der Waals surface area contributed by atoms with Crippen LogP contribution < -0.4 is 5.32 Å². The number of nitrogens with one attached hydrogen (secondary N) is 1. The number of carbonyl (C=O) groups is 1. The minimum absolute atomic E-state index is 0.0464. The second-order valence-corrected chi connectivity index (χ2v) is 17.5. The number of phosphoric acid groups is 1. The Morgan fingerprint density at radius 2 is 1.09 bits per heavy atom. The van der Waals surface area contributed by atoms with Gasteiger partial charge in [0.2, 0.25) is 5.91 Å². The molecule has 0 aliphatic heterocycles. The molecule has 3 N–H and O–H groups in total. The summed E-state index contributed by atoms with van der Waals surface area (Å²) in [6.07, 6.45) is 51.2. The van der Waals surface area contributed by atoms with Crippen LogP contribution in [0.5, 0.6) is 0 Å². The summed E-state index contributed by atoms with van der Waals surface area (Å²) in [6, 6.07) is -0.881. The summed E-state index contributed by atoms with van der Waals surface area (Å²) in [4.78, 5) is 23.1. The van der Waals surface area contributed by atoms with Crippen molar-refractivity contribution in [2.24, 2.45) is 0 Å². The Morgan fingerprint density at radius 1 is 0.625 bits per heavy atom. The van der Waals surface area contributed by atoms with Crippen LogP contribution in [0.4, 0.5) is 0 Å². The lowest BCUT2D eigenvalue weighted by molar-refractivity contribution is -0.870. The third kappa shape index (κ3) is 40.1. The van der Waals surface area contributed by atoms with Crippen molar-refractivity contribution >= 4 is 13.7 Å². The minimum atomic E-state index is -4.36. The number of nitrogens with zero attached hydrogens (tertiary/aromatic N) is 1. The smallest absolute Gasteiger partial charge is 0.387 e. The van der Waals surface area contributed by atoms with Crippen LogP contribution in [0, 0.1) is 0 Å². The maximum absolute atomic E-state index is 12.8. The van der Waals surface area contributed by atoms with Crippen molar-refractivity contribution in [3.05, 3.63) is 72.9 Å². The van der Waals surface area contributed by atoms with Gasteiger partial charge in [-0.25, -0.2) is 4.57 Å². The van der Waals surface area contributed by atoms with E-state index in [1.807, 2.05) is 27.2 Å². The third-order valence-electron chi connectivity index (χ3n) is 9.39. The normalized spacial score (nSPS) is 15.1. The van der Waals surface area contributed by atoms with E-state index in [1.165, 1.54) is 64.2 Å². The number of hydrogen-bond acceptors (Lipinski definition) is 5. The van der Waals surface area contributed by atoms with E-state index >= 15 is 0 Å². The van der Waals surface area contributed by atoms with E-state index < -0.39 is 20.0 Å². The number of aliphatic hydroxyl groups is 1. The average Bonchev–Trinajstić information content (AvgIpc) is 3.15. The predicted molar refractivity (Wildman–Crippen MR) is 240 cm³/mol. The number of aliphatic hydroxyl groups excluding tert-OH is 1. The summed E-state index contributed by atoms with van der Waals surface area (Å²) in [6.45, 7) is 4.63. The van der Waals surface area contributed by atoms with Gasteiger partial charge < -0.3 is 19.8 Å². The van der Waals surface area contributed by atoms with Crippen LogP contribution in [0.2, 0.25) is 0 Å². The Bertz CT molecular complexity index is 1140. The molecule has 0 heterocycles. The van der Waals surface area contributed by atoms with Gasteiger partial charge in [0.15, 0.2) is 0 Å². The quantitative estimate of drug-likeness (QED) is 0.0247. The highest BCUT2D eigenvalue weighted by Gasteiger charge is 2.27. The van der Waals surface area contributed by atoms with Gasteiger partial charge in [-0.2, -0.15) is 0 Å². The first-order valence-electron chi connectivity index (χ1n) is 22.3. The van der Waals surface area contributed by atoms with Gasteiger partial charge in [-0.05, 0) is 77.0 Å². The Hall–Kier alpha value is -2.06. The minimum Gasteiger partial charge on any atom is -0.387 e.